The molecule has 3 rings (SSSR count). The van der Waals surface area contributed by atoms with E-state index in [4.69, 9.17) is 4.74 Å². The summed E-state index contributed by atoms with van der Waals surface area (Å²) in [6.07, 6.45) is 1.14. The summed E-state index contributed by atoms with van der Waals surface area (Å²) in [5.74, 6) is 1.18. The number of ether oxygens (including phenoxy) is 1. The van der Waals surface area contributed by atoms with E-state index < -0.39 is 0 Å². The quantitative estimate of drug-likeness (QED) is 0.810. The third-order valence-corrected chi connectivity index (χ3v) is 4.84. The first-order valence-electron chi connectivity index (χ1n) is 8.82. The summed E-state index contributed by atoms with van der Waals surface area (Å²) in [6, 6.07) is 18.0. The van der Waals surface area contributed by atoms with Gasteiger partial charge in [0, 0.05) is 26.7 Å². The van der Waals surface area contributed by atoms with Crippen LogP contribution in [0.3, 0.4) is 0 Å². The Bertz CT molecular complexity index is 702. The maximum Gasteiger partial charge on any atom is 0.257 e. The predicted octanol–water partition coefficient (Wildman–Crippen LogP) is 3.29. The van der Waals surface area contributed by atoms with Crippen molar-refractivity contribution >= 4 is 5.91 Å². The highest BCUT2D eigenvalue weighted by Gasteiger charge is 2.26. The van der Waals surface area contributed by atoms with E-state index in [-0.39, 0.29) is 5.91 Å². The van der Waals surface area contributed by atoms with Crippen LogP contribution in [0.25, 0.3) is 0 Å². The molecule has 1 fully saturated rings. The summed E-state index contributed by atoms with van der Waals surface area (Å²) < 4.78 is 5.31. The summed E-state index contributed by atoms with van der Waals surface area (Å²) in [5, 5.41) is 0. The Morgan fingerprint density at radius 2 is 1.88 bits per heavy atom. The molecule has 0 saturated carbocycles. The summed E-state index contributed by atoms with van der Waals surface area (Å²) in [4.78, 5) is 17.0. The third-order valence-electron chi connectivity index (χ3n) is 4.84. The average Bonchev–Trinajstić information content (AvgIpc) is 3.08. The van der Waals surface area contributed by atoms with Gasteiger partial charge < -0.3 is 9.64 Å². The molecule has 0 spiro atoms. The van der Waals surface area contributed by atoms with E-state index in [1.165, 1.54) is 5.56 Å². The monoisotopic (exact) mass is 338 g/mol. The molecular weight excluding hydrogens is 312 g/mol. The number of para-hydroxylation sites is 1. The molecule has 2 aromatic rings. The van der Waals surface area contributed by atoms with Crippen LogP contribution < -0.4 is 4.74 Å². The SMILES string of the molecule is COc1ccccc1C(=O)N(C)CC1CCN(Cc2ccccc2)C1. The first-order chi connectivity index (χ1) is 12.2. The smallest absolute Gasteiger partial charge is 0.257 e. The zero-order chi connectivity index (χ0) is 17.6. The first kappa shape index (κ1) is 17.5. The fourth-order valence-electron chi connectivity index (χ4n) is 3.54. The van der Waals surface area contributed by atoms with E-state index in [2.05, 4.69) is 35.2 Å². The van der Waals surface area contributed by atoms with Gasteiger partial charge in [-0.15, -0.1) is 0 Å². The largest absolute Gasteiger partial charge is 0.496 e. The van der Waals surface area contributed by atoms with Crippen molar-refractivity contribution < 1.29 is 9.53 Å². The van der Waals surface area contributed by atoms with Crippen LogP contribution in [0.15, 0.2) is 54.6 Å². The third kappa shape index (κ3) is 4.40. The highest BCUT2D eigenvalue weighted by Crippen LogP contribution is 2.22. The van der Waals surface area contributed by atoms with Gasteiger partial charge in [0.2, 0.25) is 0 Å². The molecule has 4 heteroatoms. The Labute approximate surface area is 150 Å². The molecule has 1 saturated heterocycles. The number of amides is 1. The van der Waals surface area contributed by atoms with Crippen molar-refractivity contribution in [2.24, 2.45) is 5.92 Å². The molecule has 1 heterocycles. The first-order valence-corrected chi connectivity index (χ1v) is 8.82. The van der Waals surface area contributed by atoms with Crippen LogP contribution in [-0.2, 0) is 6.54 Å². The van der Waals surface area contributed by atoms with Gasteiger partial charge >= 0.3 is 0 Å². The molecule has 0 aliphatic carbocycles. The van der Waals surface area contributed by atoms with Gasteiger partial charge in [-0.25, -0.2) is 0 Å². The summed E-state index contributed by atoms with van der Waals surface area (Å²) in [7, 11) is 3.49. The molecule has 0 N–H and O–H groups in total. The lowest BCUT2D eigenvalue weighted by molar-refractivity contribution is 0.0770. The maximum absolute atomic E-state index is 12.7. The minimum absolute atomic E-state index is 0.0268. The number of hydrogen-bond acceptors (Lipinski definition) is 3. The van der Waals surface area contributed by atoms with Crippen LogP contribution in [0.2, 0.25) is 0 Å². The Kier molecular flexibility index (Phi) is 5.71. The van der Waals surface area contributed by atoms with Crippen molar-refractivity contribution in [1.82, 2.24) is 9.80 Å². The van der Waals surface area contributed by atoms with Gasteiger partial charge in [0.15, 0.2) is 0 Å². The number of carbonyl (C=O) groups excluding carboxylic acids is 1. The lowest BCUT2D eigenvalue weighted by Crippen LogP contribution is -2.33. The number of rotatable bonds is 6. The molecule has 0 aromatic heterocycles. The van der Waals surface area contributed by atoms with E-state index in [9.17, 15) is 4.79 Å². The fraction of sp³-hybridized carbons (Fsp3) is 0.381. The molecule has 2 aromatic carbocycles. The van der Waals surface area contributed by atoms with Gasteiger partial charge in [0.05, 0.1) is 12.7 Å². The summed E-state index contributed by atoms with van der Waals surface area (Å²) in [6.45, 7) is 3.90. The number of methoxy groups -OCH3 is 1. The van der Waals surface area contributed by atoms with Crippen molar-refractivity contribution in [2.75, 3.05) is 33.8 Å². The fourth-order valence-corrected chi connectivity index (χ4v) is 3.54. The van der Waals surface area contributed by atoms with Gasteiger partial charge in [-0.3, -0.25) is 9.69 Å². The van der Waals surface area contributed by atoms with E-state index in [0.717, 1.165) is 32.6 Å². The lowest BCUT2D eigenvalue weighted by atomic mass is 10.1. The van der Waals surface area contributed by atoms with Crippen LogP contribution >= 0.6 is 0 Å². The molecule has 4 nitrogen and oxygen atoms in total. The van der Waals surface area contributed by atoms with E-state index in [1.54, 1.807) is 7.11 Å². The van der Waals surface area contributed by atoms with Gasteiger partial charge in [0.25, 0.3) is 5.91 Å². The minimum Gasteiger partial charge on any atom is -0.496 e. The van der Waals surface area contributed by atoms with E-state index in [1.807, 2.05) is 36.2 Å². The van der Waals surface area contributed by atoms with Gasteiger partial charge in [-0.1, -0.05) is 42.5 Å². The number of benzene rings is 2. The Morgan fingerprint density at radius 3 is 2.64 bits per heavy atom. The molecule has 1 aliphatic heterocycles. The predicted molar refractivity (Wildman–Crippen MR) is 99.8 cm³/mol. The maximum atomic E-state index is 12.7. The highest BCUT2D eigenvalue weighted by molar-refractivity contribution is 5.96. The zero-order valence-corrected chi connectivity index (χ0v) is 15.0. The van der Waals surface area contributed by atoms with Crippen molar-refractivity contribution in [1.29, 1.82) is 0 Å². The number of carbonyl (C=O) groups is 1. The van der Waals surface area contributed by atoms with Crippen LogP contribution in [0.4, 0.5) is 0 Å². The topological polar surface area (TPSA) is 32.8 Å². The molecular formula is C21H26N2O2. The van der Waals surface area contributed by atoms with Gasteiger partial charge in [0.1, 0.15) is 5.75 Å². The normalized spacial score (nSPS) is 17.4. The van der Waals surface area contributed by atoms with Crippen LogP contribution in [0.5, 0.6) is 5.75 Å². The molecule has 25 heavy (non-hydrogen) atoms. The average molecular weight is 338 g/mol. The summed E-state index contributed by atoms with van der Waals surface area (Å²) in [5.41, 5.74) is 1.98. The zero-order valence-electron chi connectivity index (χ0n) is 15.0. The summed E-state index contributed by atoms with van der Waals surface area (Å²) >= 11 is 0. The van der Waals surface area contributed by atoms with Crippen LogP contribution in [0.1, 0.15) is 22.3 Å². The minimum atomic E-state index is 0.0268. The Balaban J connectivity index is 1.55. The second-order valence-electron chi connectivity index (χ2n) is 6.76. The van der Waals surface area contributed by atoms with Crippen LogP contribution in [-0.4, -0.2) is 49.5 Å². The molecule has 0 radical (unpaired) electrons. The Hall–Kier alpha value is -2.33. The lowest BCUT2D eigenvalue weighted by Gasteiger charge is -2.22. The Morgan fingerprint density at radius 1 is 1.16 bits per heavy atom. The molecule has 0 bridgehead atoms. The second-order valence-corrected chi connectivity index (χ2v) is 6.76. The second kappa shape index (κ2) is 8.17. The molecule has 1 unspecified atom stereocenters. The van der Waals surface area contributed by atoms with Crippen molar-refractivity contribution in [2.45, 2.75) is 13.0 Å². The molecule has 1 amide bonds. The molecule has 132 valence electrons. The van der Waals surface area contributed by atoms with Crippen molar-refractivity contribution in [3.8, 4) is 5.75 Å². The number of hydrogen-bond donors (Lipinski definition) is 0. The van der Waals surface area contributed by atoms with Crippen molar-refractivity contribution in [3.05, 3.63) is 65.7 Å². The van der Waals surface area contributed by atoms with E-state index in [0.29, 0.717) is 17.2 Å². The molecule has 1 aliphatic rings. The number of likely N-dealkylation sites (tertiary alicyclic amines) is 1. The molecule has 1 atom stereocenters. The highest BCUT2D eigenvalue weighted by atomic mass is 16.5. The van der Waals surface area contributed by atoms with Crippen LogP contribution in [0, 0.1) is 5.92 Å². The van der Waals surface area contributed by atoms with Gasteiger partial charge in [-0.05, 0) is 36.6 Å². The van der Waals surface area contributed by atoms with E-state index >= 15 is 0 Å². The van der Waals surface area contributed by atoms with Gasteiger partial charge in [-0.2, -0.15) is 0 Å². The number of nitrogens with zero attached hydrogens (tertiary/aromatic N) is 2. The standard InChI is InChI=1S/C21H26N2O2/c1-22(21(24)19-10-6-7-11-20(19)25-2)14-18-12-13-23(16-18)15-17-8-4-3-5-9-17/h3-11,18H,12-16H2,1-2H3. The van der Waals surface area contributed by atoms with Crippen molar-refractivity contribution in [3.63, 3.8) is 0 Å².